The van der Waals surface area contributed by atoms with Crippen molar-refractivity contribution in [1.29, 1.82) is 0 Å². The maximum absolute atomic E-state index is 12.5. The second kappa shape index (κ2) is 6.38. The predicted molar refractivity (Wildman–Crippen MR) is 72.4 cm³/mol. The Kier molecular flexibility index (Phi) is 5.00. The van der Waals surface area contributed by atoms with Gasteiger partial charge in [0.25, 0.3) is 10.2 Å². The monoisotopic (exact) mass is 306 g/mol. The van der Waals surface area contributed by atoms with Crippen LogP contribution in [0.1, 0.15) is 19.8 Å². The van der Waals surface area contributed by atoms with E-state index >= 15 is 0 Å². The summed E-state index contributed by atoms with van der Waals surface area (Å²) in [5.41, 5.74) is 0. The molecule has 0 aromatic carbocycles. The molecule has 0 aromatic rings. The first-order valence-electron chi connectivity index (χ1n) is 7.02. The van der Waals surface area contributed by atoms with Crippen LogP contribution in [0.5, 0.6) is 0 Å². The quantitative estimate of drug-likeness (QED) is 0.772. The van der Waals surface area contributed by atoms with E-state index < -0.39 is 22.1 Å². The summed E-state index contributed by atoms with van der Waals surface area (Å²) < 4.78 is 32.9. The molecule has 2 atom stereocenters. The van der Waals surface area contributed by atoms with Crippen LogP contribution >= 0.6 is 0 Å². The number of morpholine rings is 1. The van der Waals surface area contributed by atoms with Gasteiger partial charge in [0.05, 0.1) is 19.1 Å². The van der Waals surface area contributed by atoms with Crippen LogP contribution in [-0.4, -0.2) is 67.5 Å². The zero-order chi connectivity index (χ0) is 14.8. The van der Waals surface area contributed by atoms with E-state index in [4.69, 9.17) is 4.74 Å². The highest BCUT2D eigenvalue weighted by Crippen LogP contribution is 2.30. The van der Waals surface area contributed by atoms with Crippen molar-refractivity contribution in [3.05, 3.63) is 0 Å². The van der Waals surface area contributed by atoms with Gasteiger partial charge in [-0.2, -0.15) is 17.0 Å². The molecule has 0 unspecified atom stereocenters. The maximum atomic E-state index is 12.5. The molecule has 2 heterocycles. The van der Waals surface area contributed by atoms with Crippen LogP contribution in [0.2, 0.25) is 0 Å². The number of aliphatic carboxylic acids is 1. The summed E-state index contributed by atoms with van der Waals surface area (Å²) in [6.45, 7) is 3.86. The summed E-state index contributed by atoms with van der Waals surface area (Å²) in [5, 5.41) is 9.25. The van der Waals surface area contributed by atoms with Crippen molar-refractivity contribution >= 4 is 16.2 Å². The number of ether oxygens (including phenoxy) is 1. The molecular weight excluding hydrogens is 284 g/mol. The lowest BCUT2D eigenvalue weighted by Crippen LogP contribution is -2.48. The van der Waals surface area contributed by atoms with E-state index in [1.54, 1.807) is 0 Å². The Labute approximate surface area is 119 Å². The van der Waals surface area contributed by atoms with Gasteiger partial charge < -0.3 is 9.84 Å². The molecule has 0 aliphatic carbocycles. The van der Waals surface area contributed by atoms with Crippen LogP contribution in [0.3, 0.4) is 0 Å². The summed E-state index contributed by atoms with van der Waals surface area (Å²) >= 11 is 0. The minimum atomic E-state index is -3.56. The van der Waals surface area contributed by atoms with E-state index in [9.17, 15) is 18.3 Å². The van der Waals surface area contributed by atoms with Crippen molar-refractivity contribution in [2.24, 2.45) is 11.8 Å². The van der Waals surface area contributed by atoms with Gasteiger partial charge in [-0.1, -0.05) is 13.3 Å². The molecule has 0 amide bonds. The van der Waals surface area contributed by atoms with Gasteiger partial charge in [0.15, 0.2) is 0 Å². The third-order valence-corrected chi connectivity index (χ3v) is 5.98. The summed E-state index contributed by atoms with van der Waals surface area (Å²) in [6.07, 6.45) is 1.60. The fourth-order valence-corrected chi connectivity index (χ4v) is 4.57. The molecule has 0 aromatic heterocycles. The Bertz CT molecular complexity index is 447. The number of rotatable bonds is 5. The normalized spacial score (nSPS) is 29.6. The Balaban J connectivity index is 2.10. The van der Waals surface area contributed by atoms with Crippen LogP contribution in [0, 0.1) is 11.8 Å². The summed E-state index contributed by atoms with van der Waals surface area (Å²) in [4.78, 5) is 11.3. The first-order chi connectivity index (χ1) is 9.46. The number of carbonyl (C=O) groups is 1. The average molecular weight is 306 g/mol. The van der Waals surface area contributed by atoms with Gasteiger partial charge in [0.1, 0.15) is 0 Å². The van der Waals surface area contributed by atoms with E-state index in [1.165, 1.54) is 8.61 Å². The lowest BCUT2D eigenvalue weighted by Gasteiger charge is -2.30. The molecule has 0 bridgehead atoms. The Morgan fingerprint density at radius 2 is 1.90 bits per heavy atom. The number of hydrogen-bond acceptors (Lipinski definition) is 4. The number of carboxylic acid groups (broad SMARTS) is 1. The lowest BCUT2D eigenvalue weighted by molar-refractivity contribution is -0.142. The van der Waals surface area contributed by atoms with Gasteiger partial charge in [-0.25, -0.2) is 0 Å². The van der Waals surface area contributed by atoms with Gasteiger partial charge in [-0.05, 0) is 12.3 Å². The highest BCUT2D eigenvalue weighted by Gasteiger charge is 2.43. The maximum Gasteiger partial charge on any atom is 0.308 e. The van der Waals surface area contributed by atoms with Gasteiger partial charge in [-0.3, -0.25) is 4.79 Å². The van der Waals surface area contributed by atoms with Gasteiger partial charge >= 0.3 is 5.97 Å². The van der Waals surface area contributed by atoms with Crippen molar-refractivity contribution in [3.8, 4) is 0 Å². The van der Waals surface area contributed by atoms with E-state index in [2.05, 4.69) is 0 Å². The number of nitrogens with zero attached hydrogens (tertiary/aromatic N) is 2. The molecule has 20 heavy (non-hydrogen) atoms. The topological polar surface area (TPSA) is 87.2 Å². The molecule has 2 rings (SSSR count). The molecule has 8 heteroatoms. The number of carboxylic acids is 1. The van der Waals surface area contributed by atoms with E-state index in [0.717, 1.165) is 12.8 Å². The van der Waals surface area contributed by atoms with Crippen molar-refractivity contribution in [2.45, 2.75) is 19.8 Å². The zero-order valence-corrected chi connectivity index (χ0v) is 12.5. The fourth-order valence-electron chi connectivity index (χ4n) is 2.90. The molecular formula is C12H22N2O5S. The highest BCUT2D eigenvalue weighted by molar-refractivity contribution is 7.86. The Morgan fingerprint density at radius 1 is 1.25 bits per heavy atom. The first-order valence-corrected chi connectivity index (χ1v) is 8.42. The largest absolute Gasteiger partial charge is 0.481 e. The average Bonchev–Trinajstić information content (AvgIpc) is 2.85. The third-order valence-electron chi connectivity index (χ3n) is 4.01. The van der Waals surface area contributed by atoms with Crippen molar-refractivity contribution in [1.82, 2.24) is 8.61 Å². The smallest absolute Gasteiger partial charge is 0.308 e. The molecule has 116 valence electrons. The SMILES string of the molecule is CCC[C@@H]1CN(S(=O)(=O)N2CCOCC2)C[C@H]1C(=O)O. The molecule has 2 aliphatic heterocycles. The second-order valence-electron chi connectivity index (χ2n) is 5.33. The minimum absolute atomic E-state index is 0.0830. The summed E-state index contributed by atoms with van der Waals surface area (Å²) in [5.74, 6) is -1.58. The first kappa shape index (κ1) is 15.7. The standard InChI is InChI=1S/C12H22N2O5S/c1-2-3-10-8-14(9-11(10)12(15)16)20(17,18)13-4-6-19-7-5-13/h10-11H,2-9H2,1H3,(H,15,16)/t10-,11-/m1/s1. The van der Waals surface area contributed by atoms with Crippen LogP contribution < -0.4 is 0 Å². The van der Waals surface area contributed by atoms with Gasteiger partial charge in [-0.15, -0.1) is 0 Å². The van der Waals surface area contributed by atoms with E-state index in [1.807, 2.05) is 6.92 Å². The fraction of sp³-hybridized carbons (Fsp3) is 0.917. The molecule has 2 saturated heterocycles. The molecule has 2 fully saturated rings. The molecule has 0 radical (unpaired) electrons. The summed E-state index contributed by atoms with van der Waals surface area (Å²) in [7, 11) is -3.56. The van der Waals surface area contributed by atoms with Crippen molar-refractivity contribution in [2.75, 3.05) is 39.4 Å². The van der Waals surface area contributed by atoms with Gasteiger partial charge in [0.2, 0.25) is 0 Å². The third kappa shape index (κ3) is 3.13. The van der Waals surface area contributed by atoms with Crippen LogP contribution in [-0.2, 0) is 19.7 Å². The molecule has 7 nitrogen and oxygen atoms in total. The molecule has 2 aliphatic rings. The van der Waals surface area contributed by atoms with Crippen LogP contribution in [0.15, 0.2) is 0 Å². The van der Waals surface area contributed by atoms with Crippen molar-refractivity contribution in [3.63, 3.8) is 0 Å². The van der Waals surface area contributed by atoms with Crippen LogP contribution in [0.25, 0.3) is 0 Å². The minimum Gasteiger partial charge on any atom is -0.481 e. The predicted octanol–water partition coefficient (Wildman–Crippen LogP) is -0.00390. The second-order valence-corrected chi connectivity index (χ2v) is 7.26. The Hall–Kier alpha value is -0.700. The van der Waals surface area contributed by atoms with Gasteiger partial charge in [0, 0.05) is 26.2 Å². The zero-order valence-electron chi connectivity index (χ0n) is 11.7. The summed E-state index contributed by atoms with van der Waals surface area (Å²) in [6, 6.07) is 0. The molecule has 0 saturated carbocycles. The highest BCUT2D eigenvalue weighted by atomic mass is 32.2. The molecule has 1 N–H and O–H groups in total. The lowest BCUT2D eigenvalue weighted by atomic mass is 9.92. The molecule has 0 spiro atoms. The van der Waals surface area contributed by atoms with Crippen molar-refractivity contribution < 1.29 is 23.1 Å². The van der Waals surface area contributed by atoms with E-state index in [0.29, 0.717) is 32.8 Å². The van der Waals surface area contributed by atoms with E-state index in [-0.39, 0.29) is 12.5 Å². The Morgan fingerprint density at radius 3 is 2.45 bits per heavy atom. The van der Waals surface area contributed by atoms with Crippen LogP contribution in [0.4, 0.5) is 0 Å². The number of hydrogen-bond donors (Lipinski definition) is 1.